The number of nitrogens with one attached hydrogen (secondary N) is 1. The highest BCUT2D eigenvalue weighted by molar-refractivity contribution is 7.99. The van der Waals surface area contributed by atoms with E-state index in [9.17, 15) is 0 Å². The SMILES string of the molecule is C#CCNCC(C)SCC1CCCO1. The highest BCUT2D eigenvalue weighted by Gasteiger charge is 2.16. The Kier molecular flexibility index (Phi) is 6.09. The van der Waals surface area contributed by atoms with E-state index in [4.69, 9.17) is 11.2 Å². The summed E-state index contributed by atoms with van der Waals surface area (Å²) in [7, 11) is 0. The maximum absolute atomic E-state index is 5.56. The maximum Gasteiger partial charge on any atom is 0.0666 e. The van der Waals surface area contributed by atoms with Crippen molar-refractivity contribution in [2.24, 2.45) is 0 Å². The predicted octanol–water partition coefficient (Wildman–Crippen LogP) is 1.51. The van der Waals surface area contributed by atoms with Crippen LogP contribution in [0.2, 0.25) is 0 Å². The summed E-state index contributed by atoms with van der Waals surface area (Å²) in [4.78, 5) is 0. The van der Waals surface area contributed by atoms with Crippen molar-refractivity contribution in [2.75, 3.05) is 25.4 Å². The highest BCUT2D eigenvalue weighted by Crippen LogP contribution is 2.19. The molecular formula is C11H19NOS. The fourth-order valence-corrected chi connectivity index (χ4v) is 2.50. The zero-order valence-corrected chi connectivity index (χ0v) is 9.61. The minimum Gasteiger partial charge on any atom is -0.377 e. The van der Waals surface area contributed by atoms with E-state index in [0.717, 1.165) is 18.9 Å². The first-order valence-electron chi connectivity index (χ1n) is 5.20. The fourth-order valence-electron chi connectivity index (χ4n) is 1.45. The largest absolute Gasteiger partial charge is 0.377 e. The number of thioether (sulfide) groups is 1. The van der Waals surface area contributed by atoms with Crippen LogP contribution in [0.15, 0.2) is 0 Å². The van der Waals surface area contributed by atoms with Gasteiger partial charge in [0.15, 0.2) is 0 Å². The summed E-state index contributed by atoms with van der Waals surface area (Å²) < 4.78 is 5.56. The van der Waals surface area contributed by atoms with E-state index in [-0.39, 0.29) is 0 Å². The van der Waals surface area contributed by atoms with Gasteiger partial charge in [-0.3, -0.25) is 0 Å². The molecule has 1 heterocycles. The second kappa shape index (κ2) is 7.17. The lowest BCUT2D eigenvalue weighted by Gasteiger charge is -2.14. The van der Waals surface area contributed by atoms with Gasteiger partial charge in [0.25, 0.3) is 0 Å². The lowest BCUT2D eigenvalue weighted by Crippen LogP contribution is -2.24. The number of hydrogen-bond donors (Lipinski definition) is 1. The van der Waals surface area contributed by atoms with Crippen LogP contribution in [0.4, 0.5) is 0 Å². The molecule has 1 N–H and O–H groups in total. The second-order valence-corrected chi connectivity index (χ2v) is 5.09. The molecule has 80 valence electrons. The van der Waals surface area contributed by atoms with Gasteiger partial charge < -0.3 is 10.1 Å². The van der Waals surface area contributed by atoms with Crippen molar-refractivity contribution < 1.29 is 4.74 Å². The lowest BCUT2D eigenvalue weighted by atomic mass is 10.3. The Morgan fingerprint density at radius 3 is 3.21 bits per heavy atom. The molecule has 0 spiro atoms. The maximum atomic E-state index is 5.56. The first kappa shape index (κ1) is 11.9. The van der Waals surface area contributed by atoms with Crippen molar-refractivity contribution in [1.82, 2.24) is 5.32 Å². The van der Waals surface area contributed by atoms with E-state index in [1.165, 1.54) is 12.8 Å². The normalized spacial score (nSPS) is 23.3. The van der Waals surface area contributed by atoms with E-state index < -0.39 is 0 Å². The molecule has 0 bridgehead atoms. The van der Waals surface area contributed by atoms with Gasteiger partial charge in [0.2, 0.25) is 0 Å². The molecule has 2 atom stereocenters. The monoisotopic (exact) mass is 213 g/mol. The molecule has 3 heteroatoms. The lowest BCUT2D eigenvalue weighted by molar-refractivity contribution is 0.129. The van der Waals surface area contributed by atoms with E-state index in [2.05, 4.69) is 18.2 Å². The van der Waals surface area contributed by atoms with Gasteiger partial charge in [-0.15, -0.1) is 6.42 Å². The Bertz CT molecular complexity index is 184. The average molecular weight is 213 g/mol. The first-order chi connectivity index (χ1) is 6.83. The van der Waals surface area contributed by atoms with E-state index >= 15 is 0 Å². The van der Waals surface area contributed by atoms with Crippen LogP contribution in [0, 0.1) is 12.3 Å². The summed E-state index contributed by atoms with van der Waals surface area (Å²) >= 11 is 1.97. The van der Waals surface area contributed by atoms with Crippen LogP contribution in [0.25, 0.3) is 0 Å². The van der Waals surface area contributed by atoms with Crippen LogP contribution >= 0.6 is 11.8 Å². The van der Waals surface area contributed by atoms with Gasteiger partial charge >= 0.3 is 0 Å². The van der Waals surface area contributed by atoms with Crippen LogP contribution in [-0.4, -0.2) is 36.8 Å². The summed E-state index contributed by atoms with van der Waals surface area (Å²) in [5.41, 5.74) is 0. The summed E-state index contributed by atoms with van der Waals surface area (Å²) in [6.07, 6.45) is 8.11. The molecule has 0 aromatic carbocycles. The van der Waals surface area contributed by atoms with Crippen molar-refractivity contribution in [2.45, 2.75) is 31.1 Å². The van der Waals surface area contributed by atoms with Crippen molar-refractivity contribution >= 4 is 11.8 Å². The van der Waals surface area contributed by atoms with E-state index in [0.29, 0.717) is 17.9 Å². The third-order valence-electron chi connectivity index (χ3n) is 2.25. The van der Waals surface area contributed by atoms with Crippen LogP contribution in [0.5, 0.6) is 0 Å². The van der Waals surface area contributed by atoms with Gasteiger partial charge in [-0.05, 0) is 12.8 Å². The molecule has 2 unspecified atom stereocenters. The second-order valence-electron chi connectivity index (χ2n) is 3.61. The molecule has 2 nitrogen and oxygen atoms in total. The summed E-state index contributed by atoms with van der Waals surface area (Å²) in [6, 6.07) is 0. The zero-order chi connectivity index (χ0) is 10.2. The minimum absolute atomic E-state index is 0.495. The smallest absolute Gasteiger partial charge is 0.0666 e. The zero-order valence-electron chi connectivity index (χ0n) is 8.79. The molecule has 0 aliphatic carbocycles. The molecule has 1 aliphatic heterocycles. The van der Waals surface area contributed by atoms with E-state index in [1.54, 1.807) is 0 Å². The van der Waals surface area contributed by atoms with Gasteiger partial charge in [-0.25, -0.2) is 0 Å². The molecule has 0 saturated carbocycles. The molecule has 1 rings (SSSR count). The molecule has 0 aromatic rings. The molecule has 0 aromatic heterocycles. The quantitative estimate of drug-likeness (QED) is 0.534. The Hall–Kier alpha value is -0.170. The van der Waals surface area contributed by atoms with Gasteiger partial charge in [0.1, 0.15) is 0 Å². The van der Waals surface area contributed by atoms with Crippen LogP contribution in [-0.2, 0) is 4.74 Å². The summed E-state index contributed by atoms with van der Waals surface area (Å²) in [5, 5.41) is 3.83. The van der Waals surface area contributed by atoms with Gasteiger partial charge in [-0.2, -0.15) is 11.8 Å². The Morgan fingerprint density at radius 2 is 2.57 bits per heavy atom. The van der Waals surface area contributed by atoms with Crippen LogP contribution in [0.3, 0.4) is 0 Å². The summed E-state index contributed by atoms with van der Waals surface area (Å²) in [6.45, 7) is 4.84. The standard InChI is InChI=1S/C11H19NOS/c1-3-6-12-8-10(2)14-9-11-5-4-7-13-11/h1,10-12H,4-9H2,2H3. The third-order valence-corrected chi connectivity index (χ3v) is 3.55. The molecule has 0 amide bonds. The molecule has 14 heavy (non-hydrogen) atoms. The van der Waals surface area contributed by atoms with Crippen LogP contribution in [0.1, 0.15) is 19.8 Å². The summed E-state index contributed by atoms with van der Waals surface area (Å²) in [5.74, 6) is 3.70. The Balaban J connectivity index is 1.97. The molecule has 0 radical (unpaired) electrons. The van der Waals surface area contributed by atoms with Crippen molar-refractivity contribution in [3.63, 3.8) is 0 Å². The van der Waals surface area contributed by atoms with Crippen LogP contribution < -0.4 is 5.32 Å². The highest BCUT2D eigenvalue weighted by atomic mass is 32.2. The minimum atomic E-state index is 0.495. The topological polar surface area (TPSA) is 21.3 Å². The Morgan fingerprint density at radius 1 is 1.71 bits per heavy atom. The number of ether oxygens (including phenoxy) is 1. The molecule has 1 aliphatic rings. The number of hydrogen-bond acceptors (Lipinski definition) is 3. The third kappa shape index (κ3) is 4.90. The van der Waals surface area contributed by atoms with Gasteiger partial charge in [0, 0.05) is 24.2 Å². The molecular weight excluding hydrogens is 194 g/mol. The number of rotatable bonds is 6. The first-order valence-corrected chi connectivity index (χ1v) is 6.25. The molecule has 1 saturated heterocycles. The number of terminal acetylenes is 1. The van der Waals surface area contributed by atoms with Crippen molar-refractivity contribution in [1.29, 1.82) is 0 Å². The predicted molar refractivity (Wildman–Crippen MR) is 62.6 cm³/mol. The van der Waals surface area contributed by atoms with Gasteiger partial charge in [0.05, 0.1) is 12.6 Å². The molecule has 1 fully saturated rings. The van der Waals surface area contributed by atoms with Crippen molar-refractivity contribution in [3.05, 3.63) is 0 Å². The fraction of sp³-hybridized carbons (Fsp3) is 0.818. The average Bonchev–Trinajstić information content (AvgIpc) is 2.68. The van der Waals surface area contributed by atoms with Gasteiger partial charge in [-0.1, -0.05) is 12.8 Å². The van der Waals surface area contributed by atoms with E-state index in [1.807, 2.05) is 11.8 Å². The van der Waals surface area contributed by atoms with Crippen molar-refractivity contribution in [3.8, 4) is 12.3 Å². The Labute approximate surface area is 91.2 Å².